The van der Waals surface area contributed by atoms with Gasteiger partial charge < -0.3 is 14.6 Å². The molecule has 0 unspecified atom stereocenters. The van der Waals surface area contributed by atoms with Gasteiger partial charge in [-0.2, -0.15) is 0 Å². The molecule has 0 fully saturated rings. The number of Topliss-reactive ketones (excluding diaryl/α,β-unsaturated/α-hetero) is 1. The Morgan fingerprint density at radius 3 is 2.26 bits per heavy atom. The molecule has 0 aliphatic rings. The van der Waals surface area contributed by atoms with Crippen molar-refractivity contribution in [1.82, 2.24) is 14.9 Å². The lowest BCUT2D eigenvalue weighted by atomic mass is 9.99. The molecule has 0 saturated heterocycles. The smallest absolute Gasteiger partial charge is 0.259 e. The number of H-pyrrole nitrogens is 1. The van der Waals surface area contributed by atoms with Gasteiger partial charge in [0.2, 0.25) is 0 Å². The molecule has 1 amide bonds. The van der Waals surface area contributed by atoms with Crippen LogP contribution >= 0.6 is 0 Å². The fraction of sp³-hybridized carbons (Fsp3) is 0.276. The van der Waals surface area contributed by atoms with Crippen LogP contribution in [-0.4, -0.2) is 47.3 Å². The zero-order valence-corrected chi connectivity index (χ0v) is 21.2. The van der Waals surface area contributed by atoms with Gasteiger partial charge in [0.15, 0.2) is 12.4 Å². The van der Waals surface area contributed by atoms with Gasteiger partial charge in [0.05, 0.1) is 11.0 Å². The molecule has 1 aromatic heterocycles. The number of hydrogen-bond acceptors (Lipinski definition) is 4. The maximum atomic E-state index is 13.0. The molecule has 0 bridgehead atoms. The van der Waals surface area contributed by atoms with Crippen molar-refractivity contribution >= 4 is 22.7 Å². The molecule has 180 valence electrons. The predicted octanol–water partition coefficient (Wildman–Crippen LogP) is 5.36. The average Bonchev–Trinajstić information content (AvgIpc) is 3.22. The van der Waals surface area contributed by atoms with Crippen LogP contribution in [0.3, 0.4) is 0 Å². The zero-order chi connectivity index (χ0) is 25.3. The number of aromatic amines is 1. The number of nitrogens with one attached hydrogen (secondary N) is 1. The quantitative estimate of drug-likeness (QED) is 0.370. The lowest BCUT2D eigenvalue weighted by Gasteiger charge is -2.14. The number of carbonyl (C=O) groups is 2. The van der Waals surface area contributed by atoms with E-state index in [1.165, 1.54) is 16.0 Å². The molecular weight excluding hydrogens is 438 g/mol. The van der Waals surface area contributed by atoms with Crippen molar-refractivity contribution < 1.29 is 14.3 Å². The van der Waals surface area contributed by atoms with Crippen LogP contribution in [0.2, 0.25) is 0 Å². The number of benzene rings is 3. The molecule has 0 aliphatic carbocycles. The topological polar surface area (TPSA) is 75.3 Å². The molecule has 0 saturated carbocycles. The van der Waals surface area contributed by atoms with Gasteiger partial charge in [-0.15, -0.1) is 0 Å². The van der Waals surface area contributed by atoms with E-state index >= 15 is 0 Å². The van der Waals surface area contributed by atoms with Gasteiger partial charge in [-0.05, 0) is 85.8 Å². The van der Waals surface area contributed by atoms with Crippen molar-refractivity contribution in [3.05, 3.63) is 81.9 Å². The number of aromatic nitrogens is 2. The minimum Gasteiger partial charge on any atom is -0.484 e. The fourth-order valence-electron chi connectivity index (χ4n) is 4.16. The zero-order valence-electron chi connectivity index (χ0n) is 21.2. The van der Waals surface area contributed by atoms with Crippen molar-refractivity contribution in [2.75, 3.05) is 20.7 Å². The average molecular weight is 470 g/mol. The van der Waals surface area contributed by atoms with Crippen molar-refractivity contribution in [2.24, 2.45) is 0 Å². The van der Waals surface area contributed by atoms with Gasteiger partial charge in [0, 0.05) is 31.6 Å². The second-order valence-corrected chi connectivity index (χ2v) is 9.34. The van der Waals surface area contributed by atoms with Crippen LogP contribution in [0.4, 0.5) is 0 Å². The lowest BCUT2D eigenvalue weighted by molar-refractivity contribution is -0.130. The summed E-state index contributed by atoms with van der Waals surface area (Å²) in [5.41, 5.74) is 8.67. The standard InChI is InChI=1S/C29H31N3O3/c1-17-7-8-21(11-18(17)2)14-26(33)22-9-10-24-25(15-22)31-29(30-24)28-19(3)12-23(13-20(28)4)35-16-27(34)32(5)6/h7-13,15H,14,16H2,1-6H3,(H,30,31). The summed E-state index contributed by atoms with van der Waals surface area (Å²) in [6.45, 7) is 8.12. The molecule has 6 heteroatoms. The molecule has 4 aromatic rings. The molecule has 0 spiro atoms. The summed E-state index contributed by atoms with van der Waals surface area (Å²) < 4.78 is 5.69. The highest BCUT2D eigenvalue weighted by molar-refractivity contribution is 6.00. The Bertz CT molecular complexity index is 1410. The maximum absolute atomic E-state index is 13.0. The second-order valence-electron chi connectivity index (χ2n) is 9.34. The highest BCUT2D eigenvalue weighted by atomic mass is 16.5. The minimum absolute atomic E-state index is 0.00513. The number of hydrogen-bond donors (Lipinski definition) is 1. The predicted molar refractivity (Wildman–Crippen MR) is 139 cm³/mol. The first-order valence-corrected chi connectivity index (χ1v) is 11.7. The number of amides is 1. The number of carbonyl (C=O) groups excluding carboxylic acids is 2. The third-order valence-corrected chi connectivity index (χ3v) is 6.34. The number of likely N-dealkylation sites (N-methyl/N-ethyl adjacent to an activating group) is 1. The van der Waals surface area contributed by atoms with E-state index < -0.39 is 0 Å². The summed E-state index contributed by atoms with van der Waals surface area (Å²) >= 11 is 0. The molecule has 3 aromatic carbocycles. The van der Waals surface area contributed by atoms with Crippen LogP contribution in [-0.2, 0) is 11.2 Å². The van der Waals surface area contributed by atoms with Crippen molar-refractivity contribution in [2.45, 2.75) is 34.1 Å². The van der Waals surface area contributed by atoms with E-state index in [0.717, 1.165) is 39.1 Å². The first kappa shape index (κ1) is 24.2. The second kappa shape index (κ2) is 9.74. The fourth-order valence-corrected chi connectivity index (χ4v) is 4.16. The number of fused-ring (bicyclic) bond motifs is 1. The SMILES string of the molecule is Cc1ccc(CC(=O)c2ccc3nc(-c4c(C)cc(OCC(=O)N(C)C)cc4C)[nH]c3c2)cc1C. The first-order chi connectivity index (χ1) is 16.6. The Labute approximate surface area is 206 Å². The minimum atomic E-state index is -0.0930. The third kappa shape index (κ3) is 5.27. The van der Waals surface area contributed by atoms with Gasteiger partial charge in [0.25, 0.3) is 5.91 Å². The molecule has 4 rings (SSSR count). The van der Waals surface area contributed by atoms with Crippen LogP contribution in [0.15, 0.2) is 48.5 Å². The van der Waals surface area contributed by atoms with E-state index in [1.807, 2.05) is 50.2 Å². The van der Waals surface area contributed by atoms with Gasteiger partial charge in [0.1, 0.15) is 11.6 Å². The van der Waals surface area contributed by atoms with Crippen LogP contribution in [0.1, 0.15) is 38.2 Å². The van der Waals surface area contributed by atoms with Crippen LogP contribution in [0, 0.1) is 27.7 Å². The van der Waals surface area contributed by atoms with E-state index in [2.05, 4.69) is 31.0 Å². The molecule has 35 heavy (non-hydrogen) atoms. The summed E-state index contributed by atoms with van der Waals surface area (Å²) in [4.78, 5) is 34.5. The Morgan fingerprint density at radius 2 is 1.60 bits per heavy atom. The van der Waals surface area contributed by atoms with Crippen LogP contribution < -0.4 is 4.74 Å². The number of ketones is 1. The first-order valence-electron chi connectivity index (χ1n) is 11.7. The molecule has 1 heterocycles. The highest BCUT2D eigenvalue weighted by Crippen LogP contribution is 2.31. The summed E-state index contributed by atoms with van der Waals surface area (Å²) in [7, 11) is 3.41. The van der Waals surface area contributed by atoms with E-state index in [-0.39, 0.29) is 18.3 Å². The van der Waals surface area contributed by atoms with E-state index in [1.54, 1.807) is 14.1 Å². The Hall–Kier alpha value is -3.93. The van der Waals surface area contributed by atoms with Gasteiger partial charge >= 0.3 is 0 Å². The summed E-state index contributed by atoms with van der Waals surface area (Å²) in [5.74, 6) is 1.37. The van der Waals surface area contributed by atoms with Crippen LogP contribution in [0.5, 0.6) is 5.75 Å². The third-order valence-electron chi connectivity index (χ3n) is 6.34. The van der Waals surface area contributed by atoms with Crippen LogP contribution in [0.25, 0.3) is 22.4 Å². The Morgan fingerprint density at radius 1 is 0.886 bits per heavy atom. The molecule has 0 atom stereocenters. The number of nitrogens with zero attached hydrogens (tertiary/aromatic N) is 2. The Balaban J connectivity index is 1.57. The van der Waals surface area contributed by atoms with Gasteiger partial charge in [-0.3, -0.25) is 9.59 Å². The molecule has 6 nitrogen and oxygen atoms in total. The molecule has 0 radical (unpaired) electrons. The normalized spacial score (nSPS) is 11.0. The number of imidazole rings is 1. The van der Waals surface area contributed by atoms with Gasteiger partial charge in [-0.25, -0.2) is 4.98 Å². The number of rotatable bonds is 7. The maximum Gasteiger partial charge on any atom is 0.259 e. The molecule has 1 N–H and O–H groups in total. The number of ether oxygens (including phenoxy) is 1. The van der Waals surface area contributed by atoms with E-state index in [4.69, 9.17) is 9.72 Å². The summed E-state index contributed by atoms with van der Waals surface area (Å²) in [5, 5.41) is 0. The number of aryl methyl sites for hydroxylation is 4. The highest BCUT2D eigenvalue weighted by Gasteiger charge is 2.15. The monoisotopic (exact) mass is 469 g/mol. The van der Waals surface area contributed by atoms with Crippen molar-refractivity contribution in [3.63, 3.8) is 0 Å². The van der Waals surface area contributed by atoms with Gasteiger partial charge in [-0.1, -0.05) is 18.2 Å². The Kier molecular flexibility index (Phi) is 6.74. The molecule has 0 aliphatic heterocycles. The summed E-state index contributed by atoms with van der Waals surface area (Å²) in [6, 6.07) is 15.6. The lowest BCUT2D eigenvalue weighted by Crippen LogP contribution is -2.27. The summed E-state index contributed by atoms with van der Waals surface area (Å²) in [6.07, 6.45) is 0.365. The van der Waals surface area contributed by atoms with Crippen molar-refractivity contribution in [1.29, 1.82) is 0 Å². The van der Waals surface area contributed by atoms with E-state index in [0.29, 0.717) is 17.7 Å². The van der Waals surface area contributed by atoms with Crippen molar-refractivity contribution in [3.8, 4) is 17.1 Å². The molecular formula is C29H31N3O3. The van der Waals surface area contributed by atoms with E-state index in [9.17, 15) is 9.59 Å². The largest absolute Gasteiger partial charge is 0.484 e.